The van der Waals surface area contributed by atoms with Gasteiger partial charge >= 0.3 is 0 Å². The molecule has 0 saturated carbocycles. The summed E-state index contributed by atoms with van der Waals surface area (Å²) in [4.78, 5) is 4.08. The smallest absolute Gasteiger partial charge is 0.213 e. The second-order valence-corrected chi connectivity index (χ2v) is 4.28. The molecule has 0 amide bonds. The van der Waals surface area contributed by atoms with Crippen LogP contribution in [-0.4, -0.2) is 18.7 Å². The zero-order valence-electron chi connectivity index (χ0n) is 11.7. The number of nitrogens with two attached hydrogens (primary N) is 1. The van der Waals surface area contributed by atoms with Gasteiger partial charge in [-0.15, -0.1) is 0 Å². The Morgan fingerprint density at radius 1 is 1.25 bits per heavy atom. The Morgan fingerprint density at radius 2 is 2.10 bits per heavy atom. The SMILES string of the molecule is CCOc1cc(N)cc(NCc2ccnc(OC)c2)c1. The van der Waals surface area contributed by atoms with Crippen LogP contribution in [0.2, 0.25) is 0 Å². The number of nitrogens with one attached hydrogen (secondary N) is 1. The molecule has 2 rings (SSSR count). The molecule has 0 bridgehead atoms. The first-order valence-electron chi connectivity index (χ1n) is 6.47. The van der Waals surface area contributed by atoms with Crippen LogP contribution in [0.1, 0.15) is 12.5 Å². The van der Waals surface area contributed by atoms with Gasteiger partial charge in [-0.1, -0.05) is 0 Å². The number of hydrogen-bond acceptors (Lipinski definition) is 5. The third-order valence-corrected chi connectivity index (χ3v) is 2.74. The van der Waals surface area contributed by atoms with Gasteiger partial charge in [0.05, 0.1) is 13.7 Å². The van der Waals surface area contributed by atoms with Crippen LogP contribution in [0.4, 0.5) is 11.4 Å². The fourth-order valence-electron chi connectivity index (χ4n) is 1.85. The molecule has 0 spiro atoms. The number of benzene rings is 1. The van der Waals surface area contributed by atoms with Crippen molar-refractivity contribution in [1.82, 2.24) is 4.98 Å². The van der Waals surface area contributed by atoms with Crippen molar-refractivity contribution in [1.29, 1.82) is 0 Å². The average Bonchev–Trinajstić information content (AvgIpc) is 2.45. The molecular weight excluding hydrogens is 254 g/mol. The lowest BCUT2D eigenvalue weighted by Gasteiger charge is -2.11. The maximum absolute atomic E-state index is 5.85. The molecule has 1 aromatic heterocycles. The molecule has 0 unspecified atom stereocenters. The van der Waals surface area contributed by atoms with Gasteiger partial charge in [0.25, 0.3) is 0 Å². The molecule has 0 radical (unpaired) electrons. The maximum Gasteiger partial charge on any atom is 0.213 e. The van der Waals surface area contributed by atoms with Crippen molar-refractivity contribution < 1.29 is 9.47 Å². The van der Waals surface area contributed by atoms with Crippen molar-refractivity contribution in [3.05, 3.63) is 42.1 Å². The molecule has 3 N–H and O–H groups in total. The molecule has 0 aliphatic rings. The fraction of sp³-hybridized carbons (Fsp3) is 0.267. The molecule has 1 aromatic carbocycles. The molecule has 5 heteroatoms. The van der Waals surface area contributed by atoms with E-state index in [1.54, 1.807) is 13.3 Å². The highest BCUT2D eigenvalue weighted by molar-refractivity contribution is 5.59. The predicted octanol–water partition coefficient (Wildman–Crippen LogP) is 2.68. The van der Waals surface area contributed by atoms with E-state index in [0.29, 0.717) is 24.7 Å². The largest absolute Gasteiger partial charge is 0.494 e. The van der Waals surface area contributed by atoms with Gasteiger partial charge in [0.1, 0.15) is 5.75 Å². The summed E-state index contributed by atoms with van der Waals surface area (Å²) in [5, 5.41) is 3.31. The second-order valence-electron chi connectivity index (χ2n) is 4.28. The van der Waals surface area contributed by atoms with Gasteiger partial charge in [-0.3, -0.25) is 0 Å². The third-order valence-electron chi connectivity index (χ3n) is 2.74. The first kappa shape index (κ1) is 14.0. The topological polar surface area (TPSA) is 69.4 Å². The molecule has 0 atom stereocenters. The Balaban J connectivity index is 2.06. The molecule has 0 aliphatic carbocycles. The van der Waals surface area contributed by atoms with E-state index in [1.165, 1.54) is 0 Å². The van der Waals surface area contributed by atoms with Crippen molar-refractivity contribution >= 4 is 11.4 Å². The molecule has 0 saturated heterocycles. The minimum absolute atomic E-state index is 0.604. The lowest BCUT2D eigenvalue weighted by atomic mass is 10.2. The molecule has 2 aromatic rings. The normalized spacial score (nSPS) is 10.1. The van der Waals surface area contributed by atoms with Crippen LogP contribution < -0.4 is 20.5 Å². The number of aromatic nitrogens is 1. The summed E-state index contributed by atoms with van der Waals surface area (Å²) in [6.45, 7) is 3.22. The van der Waals surface area contributed by atoms with Crippen molar-refractivity contribution in [2.45, 2.75) is 13.5 Å². The fourth-order valence-corrected chi connectivity index (χ4v) is 1.85. The van der Waals surface area contributed by atoms with E-state index < -0.39 is 0 Å². The number of rotatable bonds is 6. The number of nitrogen functional groups attached to an aromatic ring is 1. The number of pyridine rings is 1. The van der Waals surface area contributed by atoms with Gasteiger partial charge in [-0.25, -0.2) is 4.98 Å². The van der Waals surface area contributed by atoms with Crippen molar-refractivity contribution in [2.24, 2.45) is 0 Å². The van der Waals surface area contributed by atoms with Gasteiger partial charge in [0, 0.05) is 42.3 Å². The van der Waals surface area contributed by atoms with E-state index in [4.69, 9.17) is 15.2 Å². The van der Waals surface area contributed by atoms with Crippen LogP contribution in [0, 0.1) is 0 Å². The summed E-state index contributed by atoms with van der Waals surface area (Å²) in [6.07, 6.45) is 1.72. The van der Waals surface area contributed by atoms with E-state index in [-0.39, 0.29) is 0 Å². The zero-order chi connectivity index (χ0) is 14.4. The quantitative estimate of drug-likeness (QED) is 0.792. The second kappa shape index (κ2) is 6.65. The summed E-state index contributed by atoms with van der Waals surface area (Å²) in [5.41, 5.74) is 8.53. The van der Waals surface area contributed by atoms with Crippen molar-refractivity contribution in [3.63, 3.8) is 0 Å². The third kappa shape index (κ3) is 3.78. The highest BCUT2D eigenvalue weighted by Gasteiger charge is 2.01. The van der Waals surface area contributed by atoms with Gasteiger partial charge < -0.3 is 20.5 Å². The van der Waals surface area contributed by atoms with Crippen LogP contribution in [-0.2, 0) is 6.54 Å². The van der Waals surface area contributed by atoms with E-state index in [0.717, 1.165) is 17.0 Å². The number of ether oxygens (including phenoxy) is 2. The van der Waals surface area contributed by atoms with Crippen LogP contribution >= 0.6 is 0 Å². The number of nitrogens with zero attached hydrogens (tertiary/aromatic N) is 1. The Morgan fingerprint density at radius 3 is 2.85 bits per heavy atom. The first-order valence-corrected chi connectivity index (χ1v) is 6.47. The standard InChI is InChI=1S/C15H19N3O2/c1-3-20-14-8-12(16)7-13(9-14)18-10-11-4-5-17-15(6-11)19-2/h4-9,18H,3,10,16H2,1-2H3. The minimum atomic E-state index is 0.604. The van der Waals surface area contributed by atoms with Crippen LogP contribution in [0.15, 0.2) is 36.5 Å². The first-order chi connectivity index (χ1) is 9.71. The number of anilines is 2. The monoisotopic (exact) mass is 273 g/mol. The van der Waals surface area contributed by atoms with Crippen molar-refractivity contribution in [3.8, 4) is 11.6 Å². The van der Waals surface area contributed by atoms with Crippen LogP contribution in [0.25, 0.3) is 0 Å². The predicted molar refractivity (Wildman–Crippen MR) is 80.1 cm³/mol. The molecule has 106 valence electrons. The Kier molecular flexibility index (Phi) is 4.65. The lowest BCUT2D eigenvalue weighted by Crippen LogP contribution is -2.02. The summed E-state index contributed by atoms with van der Waals surface area (Å²) < 4.78 is 10.6. The van der Waals surface area contributed by atoms with E-state index in [2.05, 4.69) is 10.3 Å². The van der Waals surface area contributed by atoms with E-state index in [9.17, 15) is 0 Å². The highest BCUT2D eigenvalue weighted by Crippen LogP contribution is 2.23. The Labute approximate surface area is 118 Å². The Bertz CT molecular complexity index is 573. The van der Waals surface area contributed by atoms with E-state index >= 15 is 0 Å². The molecule has 1 heterocycles. The highest BCUT2D eigenvalue weighted by atomic mass is 16.5. The molecular formula is C15H19N3O2. The summed E-state index contributed by atoms with van der Waals surface area (Å²) in [5.74, 6) is 1.37. The zero-order valence-corrected chi connectivity index (χ0v) is 11.7. The Hall–Kier alpha value is -2.43. The summed E-state index contributed by atoms with van der Waals surface area (Å²) in [7, 11) is 1.60. The van der Waals surface area contributed by atoms with Gasteiger partial charge in [0.2, 0.25) is 5.88 Å². The molecule has 0 fully saturated rings. The number of hydrogen-bond donors (Lipinski definition) is 2. The lowest BCUT2D eigenvalue weighted by molar-refractivity contribution is 0.340. The summed E-state index contributed by atoms with van der Waals surface area (Å²) >= 11 is 0. The van der Waals surface area contributed by atoms with Gasteiger partial charge in [-0.2, -0.15) is 0 Å². The minimum Gasteiger partial charge on any atom is -0.494 e. The van der Waals surface area contributed by atoms with Crippen LogP contribution in [0.5, 0.6) is 11.6 Å². The van der Waals surface area contributed by atoms with E-state index in [1.807, 2.05) is 37.3 Å². The molecule has 0 aliphatic heterocycles. The number of methoxy groups -OCH3 is 1. The average molecular weight is 273 g/mol. The van der Waals surface area contributed by atoms with Gasteiger partial charge in [-0.05, 0) is 24.6 Å². The molecule has 5 nitrogen and oxygen atoms in total. The molecule has 20 heavy (non-hydrogen) atoms. The van der Waals surface area contributed by atoms with Crippen molar-refractivity contribution in [2.75, 3.05) is 24.8 Å². The maximum atomic E-state index is 5.85. The van der Waals surface area contributed by atoms with Crippen LogP contribution in [0.3, 0.4) is 0 Å². The summed E-state index contributed by atoms with van der Waals surface area (Å²) in [6, 6.07) is 9.44. The van der Waals surface area contributed by atoms with Gasteiger partial charge in [0.15, 0.2) is 0 Å².